The highest BCUT2D eigenvalue weighted by atomic mass is 16.3. The Balaban J connectivity index is 1.98. The second-order valence-corrected chi connectivity index (χ2v) is 6.97. The number of benzene rings is 1. The van der Waals surface area contributed by atoms with Crippen LogP contribution in [0.5, 0.6) is 11.5 Å². The summed E-state index contributed by atoms with van der Waals surface area (Å²) in [5.41, 5.74) is 0.643. The third-order valence-corrected chi connectivity index (χ3v) is 5.10. The van der Waals surface area contributed by atoms with Crippen LogP contribution in [0.25, 0.3) is 22.3 Å². The number of likely N-dealkylation sites (tertiary alicyclic amines) is 1. The SMILES string of the molecule is CN1CC[C@H](c2c(O)cc(O)c3c(=O)cc(-c4cccnc4)oc23)[C@H](O)C1. The molecular formula is C20H20N2O5. The molecule has 0 aliphatic carbocycles. The van der Waals surface area contributed by atoms with Crippen LogP contribution in [-0.4, -0.2) is 51.4 Å². The quantitative estimate of drug-likeness (QED) is 0.635. The highest BCUT2D eigenvalue weighted by Gasteiger charge is 2.33. The van der Waals surface area contributed by atoms with E-state index in [2.05, 4.69) is 4.98 Å². The Morgan fingerprint density at radius 1 is 1.26 bits per heavy atom. The molecule has 7 heteroatoms. The van der Waals surface area contributed by atoms with Gasteiger partial charge in [0.2, 0.25) is 0 Å². The number of likely N-dealkylation sites (N-methyl/N-ethyl adjacent to an activating group) is 1. The molecule has 1 fully saturated rings. The molecule has 1 aliphatic rings. The summed E-state index contributed by atoms with van der Waals surface area (Å²) in [6, 6.07) is 5.92. The summed E-state index contributed by atoms with van der Waals surface area (Å²) >= 11 is 0. The van der Waals surface area contributed by atoms with Gasteiger partial charge in [0.15, 0.2) is 5.43 Å². The first-order valence-corrected chi connectivity index (χ1v) is 8.75. The molecule has 27 heavy (non-hydrogen) atoms. The number of aliphatic hydroxyl groups excluding tert-OH is 1. The number of piperidine rings is 1. The maximum Gasteiger partial charge on any atom is 0.197 e. The van der Waals surface area contributed by atoms with E-state index >= 15 is 0 Å². The fourth-order valence-corrected chi connectivity index (χ4v) is 3.76. The molecule has 7 nitrogen and oxygen atoms in total. The number of phenolic OH excluding ortho intramolecular Hbond substituents is 2. The minimum atomic E-state index is -0.727. The molecule has 3 N–H and O–H groups in total. The molecule has 140 valence electrons. The van der Waals surface area contributed by atoms with Gasteiger partial charge >= 0.3 is 0 Å². The van der Waals surface area contributed by atoms with Crippen molar-refractivity contribution in [3.63, 3.8) is 0 Å². The Hall–Kier alpha value is -2.90. The molecule has 2 atom stereocenters. The van der Waals surface area contributed by atoms with Gasteiger partial charge in [-0.2, -0.15) is 0 Å². The minimum absolute atomic E-state index is 0.00145. The van der Waals surface area contributed by atoms with Crippen LogP contribution < -0.4 is 5.43 Å². The number of aromatic hydroxyl groups is 2. The second-order valence-electron chi connectivity index (χ2n) is 6.97. The smallest absolute Gasteiger partial charge is 0.197 e. The maximum atomic E-state index is 12.7. The highest BCUT2D eigenvalue weighted by molar-refractivity contribution is 5.89. The first kappa shape index (κ1) is 17.5. The van der Waals surface area contributed by atoms with Crippen LogP contribution in [0.3, 0.4) is 0 Å². The van der Waals surface area contributed by atoms with E-state index in [-0.39, 0.29) is 28.2 Å². The van der Waals surface area contributed by atoms with E-state index in [0.29, 0.717) is 24.1 Å². The Bertz CT molecular complexity index is 1050. The number of fused-ring (bicyclic) bond motifs is 1. The van der Waals surface area contributed by atoms with Crippen molar-refractivity contribution in [3.8, 4) is 22.8 Å². The third kappa shape index (κ3) is 3.05. The average Bonchev–Trinajstić information content (AvgIpc) is 2.63. The average molecular weight is 368 g/mol. The van der Waals surface area contributed by atoms with Crippen molar-refractivity contribution in [1.82, 2.24) is 9.88 Å². The van der Waals surface area contributed by atoms with Gasteiger partial charge in [0.25, 0.3) is 0 Å². The molecule has 0 saturated carbocycles. The molecule has 3 heterocycles. The van der Waals surface area contributed by atoms with Crippen molar-refractivity contribution < 1.29 is 19.7 Å². The summed E-state index contributed by atoms with van der Waals surface area (Å²) in [4.78, 5) is 18.7. The molecule has 0 spiro atoms. The fourth-order valence-electron chi connectivity index (χ4n) is 3.76. The summed E-state index contributed by atoms with van der Waals surface area (Å²) in [5.74, 6) is -0.661. The summed E-state index contributed by atoms with van der Waals surface area (Å²) in [5, 5.41) is 31.3. The van der Waals surface area contributed by atoms with Gasteiger partial charge in [-0.3, -0.25) is 9.78 Å². The molecule has 3 aromatic rings. The van der Waals surface area contributed by atoms with Crippen LogP contribution in [0.15, 0.2) is 45.9 Å². The van der Waals surface area contributed by atoms with Crippen LogP contribution in [0, 0.1) is 0 Å². The number of pyridine rings is 1. The number of aliphatic hydroxyl groups is 1. The van der Waals surface area contributed by atoms with Crippen molar-refractivity contribution in [2.45, 2.75) is 18.4 Å². The molecule has 1 aliphatic heterocycles. The number of aromatic nitrogens is 1. The number of rotatable bonds is 2. The zero-order valence-corrected chi connectivity index (χ0v) is 14.8. The van der Waals surface area contributed by atoms with Crippen LogP contribution in [0.2, 0.25) is 0 Å². The van der Waals surface area contributed by atoms with Crippen LogP contribution in [0.1, 0.15) is 17.9 Å². The van der Waals surface area contributed by atoms with Gasteiger partial charge in [-0.25, -0.2) is 0 Å². The highest BCUT2D eigenvalue weighted by Crippen LogP contribution is 2.42. The number of nitrogens with zero attached hydrogens (tertiary/aromatic N) is 2. The normalized spacial score (nSPS) is 20.8. The lowest BCUT2D eigenvalue weighted by Gasteiger charge is -2.34. The van der Waals surface area contributed by atoms with E-state index in [9.17, 15) is 20.1 Å². The summed E-state index contributed by atoms with van der Waals surface area (Å²) in [6.45, 7) is 1.18. The van der Waals surface area contributed by atoms with Crippen LogP contribution in [0.4, 0.5) is 0 Å². The largest absolute Gasteiger partial charge is 0.507 e. The van der Waals surface area contributed by atoms with E-state index in [1.807, 2.05) is 11.9 Å². The molecule has 1 aromatic carbocycles. The van der Waals surface area contributed by atoms with Crippen LogP contribution >= 0.6 is 0 Å². The number of hydrogen-bond acceptors (Lipinski definition) is 7. The molecule has 1 saturated heterocycles. The summed E-state index contributed by atoms with van der Waals surface area (Å²) in [6.07, 6.45) is 3.04. The van der Waals surface area contributed by atoms with E-state index < -0.39 is 17.5 Å². The molecule has 0 amide bonds. The minimum Gasteiger partial charge on any atom is -0.507 e. The summed E-state index contributed by atoms with van der Waals surface area (Å²) < 4.78 is 5.97. The van der Waals surface area contributed by atoms with Gasteiger partial charge in [0.05, 0.1) is 6.10 Å². The third-order valence-electron chi connectivity index (χ3n) is 5.10. The predicted molar refractivity (Wildman–Crippen MR) is 99.9 cm³/mol. The Labute approximate surface area is 155 Å². The molecule has 0 bridgehead atoms. The summed E-state index contributed by atoms with van der Waals surface area (Å²) in [7, 11) is 1.91. The Morgan fingerprint density at radius 2 is 2.07 bits per heavy atom. The lowest BCUT2D eigenvalue weighted by Crippen LogP contribution is -2.40. The number of phenols is 2. The van der Waals surface area contributed by atoms with E-state index in [4.69, 9.17) is 4.42 Å². The molecular weight excluding hydrogens is 348 g/mol. The van der Waals surface area contributed by atoms with Gasteiger partial charge in [0.1, 0.15) is 28.2 Å². The van der Waals surface area contributed by atoms with E-state index in [0.717, 1.165) is 12.6 Å². The standard InChI is InChI=1S/C20H20N2O5/c1-22-6-4-12(16(26)10-22)18-13(23)7-14(24)19-15(25)8-17(27-20(18)19)11-3-2-5-21-9-11/h2-3,5,7-9,12,16,23-24,26H,4,6,10H2,1H3/t12-,16+/m0/s1. The molecule has 0 radical (unpaired) electrons. The van der Waals surface area contributed by atoms with Gasteiger partial charge in [-0.15, -0.1) is 0 Å². The zero-order valence-electron chi connectivity index (χ0n) is 14.8. The van der Waals surface area contributed by atoms with Crippen molar-refractivity contribution in [3.05, 3.63) is 52.4 Å². The number of β-amino-alcohol motifs (C(OH)–C–C–N with tert-alkyl or cyclic N) is 1. The lowest BCUT2D eigenvalue weighted by molar-refractivity contribution is 0.0630. The van der Waals surface area contributed by atoms with Crippen molar-refractivity contribution in [1.29, 1.82) is 0 Å². The second kappa shape index (κ2) is 6.68. The Morgan fingerprint density at radius 3 is 2.78 bits per heavy atom. The van der Waals surface area contributed by atoms with Crippen molar-refractivity contribution in [2.75, 3.05) is 20.1 Å². The zero-order chi connectivity index (χ0) is 19.1. The van der Waals surface area contributed by atoms with Gasteiger partial charge in [-0.05, 0) is 32.1 Å². The van der Waals surface area contributed by atoms with Crippen molar-refractivity contribution in [2.24, 2.45) is 0 Å². The fraction of sp³-hybridized carbons (Fsp3) is 0.300. The maximum absolute atomic E-state index is 12.7. The predicted octanol–water partition coefficient (Wildman–Crippen LogP) is 2.05. The van der Waals surface area contributed by atoms with E-state index in [1.54, 1.807) is 24.5 Å². The van der Waals surface area contributed by atoms with Crippen molar-refractivity contribution >= 4 is 11.0 Å². The van der Waals surface area contributed by atoms with Gasteiger partial charge in [0, 0.05) is 48.1 Å². The molecule has 4 rings (SSSR count). The first-order chi connectivity index (χ1) is 13.0. The monoisotopic (exact) mass is 368 g/mol. The van der Waals surface area contributed by atoms with Gasteiger partial charge in [-0.1, -0.05) is 0 Å². The number of hydrogen-bond donors (Lipinski definition) is 3. The molecule has 2 aromatic heterocycles. The molecule has 0 unspecified atom stereocenters. The van der Waals surface area contributed by atoms with Crippen LogP contribution in [-0.2, 0) is 0 Å². The lowest BCUT2D eigenvalue weighted by atomic mass is 9.85. The van der Waals surface area contributed by atoms with Gasteiger partial charge < -0.3 is 24.6 Å². The Kier molecular flexibility index (Phi) is 4.33. The topological polar surface area (TPSA) is 107 Å². The first-order valence-electron chi connectivity index (χ1n) is 8.75. The van der Waals surface area contributed by atoms with E-state index in [1.165, 1.54) is 6.07 Å².